The average Bonchev–Trinajstić information content (AvgIpc) is 2.47. The van der Waals surface area contributed by atoms with Crippen LogP contribution in [0.15, 0.2) is 29.2 Å². The lowest BCUT2D eigenvalue weighted by molar-refractivity contribution is -0.274. The highest BCUT2D eigenvalue weighted by atomic mass is 32.2. The minimum atomic E-state index is -4.86. The molecule has 130 valence electrons. The topological polar surface area (TPSA) is 70.7 Å². The summed E-state index contributed by atoms with van der Waals surface area (Å²) >= 11 is 0. The van der Waals surface area contributed by atoms with Crippen molar-refractivity contribution in [1.29, 1.82) is 0 Å². The molecule has 0 amide bonds. The number of ether oxygens (including phenoxy) is 1. The molecule has 23 heavy (non-hydrogen) atoms. The van der Waals surface area contributed by atoms with Crippen LogP contribution in [0.2, 0.25) is 0 Å². The molecule has 0 aliphatic carbocycles. The fourth-order valence-corrected chi connectivity index (χ4v) is 3.25. The lowest BCUT2D eigenvalue weighted by Crippen LogP contribution is -2.46. The third-order valence-corrected chi connectivity index (χ3v) is 4.74. The maximum atomic E-state index is 12.2. The van der Waals surface area contributed by atoms with Crippen LogP contribution in [0.1, 0.15) is 0 Å². The minimum Gasteiger partial charge on any atom is -0.406 e. The van der Waals surface area contributed by atoms with E-state index in [0.29, 0.717) is 6.54 Å². The second-order valence-electron chi connectivity index (χ2n) is 5.01. The lowest BCUT2D eigenvalue weighted by atomic mass is 10.3. The zero-order valence-electron chi connectivity index (χ0n) is 12.3. The van der Waals surface area contributed by atoms with Gasteiger partial charge >= 0.3 is 6.36 Å². The van der Waals surface area contributed by atoms with Crippen molar-refractivity contribution < 1.29 is 26.3 Å². The van der Waals surface area contributed by atoms with Crippen molar-refractivity contribution in [1.82, 2.24) is 14.9 Å². The lowest BCUT2D eigenvalue weighted by Gasteiger charge is -2.27. The van der Waals surface area contributed by atoms with Gasteiger partial charge in [0.05, 0.1) is 4.90 Å². The Morgan fingerprint density at radius 1 is 1.26 bits per heavy atom. The average molecular weight is 353 g/mol. The van der Waals surface area contributed by atoms with E-state index in [9.17, 15) is 21.6 Å². The van der Waals surface area contributed by atoms with Crippen LogP contribution < -0.4 is 14.8 Å². The van der Waals surface area contributed by atoms with Crippen LogP contribution in [0.3, 0.4) is 0 Å². The third kappa shape index (κ3) is 5.98. The Morgan fingerprint density at radius 2 is 1.96 bits per heavy atom. The van der Waals surface area contributed by atoms with Gasteiger partial charge in [-0.25, -0.2) is 13.1 Å². The van der Waals surface area contributed by atoms with E-state index in [1.54, 1.807) is 0 Å². The van der Waals surface area contributed by atoms with E-state index in [4.69, 9.17) is 0 Å². The summed E-state index contributed by atoms with van der Waals surface area (Å²) in [7, 11) is -3.88. The zero-order chi connectivity index (χ0) is 16.9. The Morgan fingerprint density at radius 3 is 2.61 bits per heavy atom. The summed E-state index contributed by atoms with van der Waals surface area (Å²) in [6.07, 6.45) is -4.86. The number of nitrogens with zero attached hydrogens (tertiary/aromatic N) is 1. The summed E-state index contributed by atoms with van der Waals surface area (Å²) in [5, 5.41) is 3.19. The number of piperazine rings is 1. The molecule has 1 saturated heterocycles. The summed E-state index contributed by atoms with van der Waals surface area (Å²) < 4.78 is 66.9. The third-order valence-electron chi connectivity index (χ3n) is 3.28. The molecule has 6 nitrogen and oxygen atoms in total. The SMILES string of the molecule is O=S(=O)(NCCN1CCNCC1)c1cccc(OC(F)(F)F)c1. The molecule has 1 aliphatic heterocycles. The summed E-state index contributed by atoms with van der Waals surface area (Å²) in [6.45, 7) is 4.09. The van der Waals surface area contributed by atoms with Crippen LogP contribution in [-0.4, -0.2) is 58.9 Å². The number of sulfonamides is 1. The maximum Gasteiger partial charge on any atom is 0.573 e. The number of halogens is 3. The van der Waals surface area contributed by atoms with Gasteiger partial charge in [0.2, 0.25) is 10.0 Å². The Hall–Kier alpha value is -1.36. The van der Waals surface area contributed by atoms with Gasteiger partial charge < -0.3 is 10.1 Å². The Balaban J connectivity index is 1.94. The first-order chi connectivity index (χ1) is 10.8. The molecule has 0 spiro atoms. The Bertz CT molecular complexity index is 616. The number of rotatable bonds is 6. The maximum absolute atomic E-state index is 12.2. The van der Waals surface area contributed by atoms with Gasteiger partial charge in [-0.05, 0) is 12.1 Å². The largest absolute Gasteiger partial charge is 0.573 e. The van der Waals surface area contributed by atoms with Crippen molar-refractivity contribution in [2.24, 2.45) is 0 Å². The highest BCUT2D eigenvalue weighted by molar-refractivity contribution is 7.89. The van der Waals surface area contributed by atoms with Crippen LogP contribution in [0.4, 0.5) is 13.2 Å². The molecule has 1 heterocycles. The standard InChI is InChI=1S/C13H18F3N3O3S/c14-13(15,16)22-11-2-1-3-12(10-11)23(20,21)18-6-9-19-7-4-17-5-8-19/h1-3,10,17-18H,4-9H2. The van der Waals surface area contributed by atoms with Crippen LogP contribution in [0.5, 0.6) is 5.75 Å². The second kappa shape index (κ2) is 7.47. The normalized spacial score (nSPS) is 17.2. The molecule has 2 rings (SSSR count). The molecule has 0 radical (unpaired) electrons. The number of hydrogen-bond donors (Lipinski definition) is 2. The van der Waals surface area contributed by atoms with Gasteiger partial charge in [-0.15, -0.1) is 13.2 Å². The molecule has 10 heteroatoms. The molecule has 0 aromatic heterocycles. The molecule has 0 saturated carbocycles. The summed E-state index contributed by atoms with van der Waals surface area (Å²) in [6, 6.07) is 4.32. The highest BCUT2D eigenvalue weighted by Gasteiger charge is 2.31. The van der Waals surface area contributed by atoms with Crippen molar-refractivity contribution in [2.45, 2.75) is 11.3 Å². The molecular formula is C13H18F3N3O3S. The predicted molar refractivity (Wildman–Crippen MR) is 77.6 cm³/mol. The first-order valence-corrected chi connectivity index (χ1v) is 8.53. The number of benzene rings is 1. The van der Waals surface area contributed by atoms with Crippen LogP contribution in [0, 0.1) is 0 Å². The van der Waals surface area contributed by atoms with Crippen molar-refractivity contribution in [2.75, 3.05) is 39.3 Å². The molecule has 0 atom stereocenters. The first-order valence-electron chi connectivity index (χ1n) is 7.05. The van der Waals surface area contributed by atoms with Crippen molar-refractivity contribution in [3.63, 3.8) is 0 Å². The molecule has 0 bridgehead atoms. The van der Waals surface area contributed by atoms with Crippen molar-refractivity contribution >= 4 is 10.0 Å². The van der Waals surface area contributed by atoms with Crippen LogP contribution >= 0.6 is 0 Å². The molecule has 1 aliphatic rings. The molecule has 0 unspecified atom stereocenters. The van der Waals surface area contributed by atoms with E-state index in [1.165, 1.54) is 12.1 Å². The highest BCUT2D eigenvalue weighted by Crippen LogP contribution is 2.24. The van der Waals surface area contributed by atoms with Gasteiger partial charge in [0, 0.05) is 45.3 Å². The van der Waals surface area contributed by atoms with Gasteiger partial charge in [-0.1, -0.05) is 6.07 Å². The summed E-state index contributed by atoms with van der Waals surface area (Å²) in [4.78, 5) is 1.84. The van der Waals surface area contributed by atoms with E-state index < -0.39 is 22.1 Å². The Kier molecular flexibility index (Phi) is 5.84. The zero-order valence-corrected chi connectivity index (χ0v) is 13.1. The number of alkyl halides is 3. The van der Waals surface area contributed by atoms with Gasteiger partial charge in [0.15, 0.2) is 0 Å². The molecule has 1 aromatic rings. The predicted octanol–water partition coefficient (Wildman–Crippen LogP) is 0.769. The monoisotopic (exact) mass is 353 g/mol. The van der Waals surface area contributed by atoms with Crippen molar-refractivity contribution in [3.05, 3.63) is 24.3 Å². The van der Waals surface area contributed by atoms with E-state index in [-0.39, 0.29) is 11.4 Å². The molecule has 1 fully saturated rings. The number of hydrogen-bond acceptors (Lipinski definition) is 5. The Labute approximate surface area is 132 Å². The molecule has 1 aromatic carbocycles. The van der Waals surface area contributed by atoms with E-state index in [2.05, 4.69) is 19.7 Å². The molecule has 2 N–H and O–H groups in total. The van der Waals surface area contributed by atoms with Gasteiger partial charge in [-0.3, -0.25) is 4.90 Å². The summed E-state index contributed by atoms with van der Waals surface area (Å²) in [5.41, 5.74) is 0. The second-order valence-corrected chi connectivity index (χ2v) is 6.78. The van der Waals surface area contributed by atoms with E-state index in [1.807, 2.05) is 0 Å². The van der Waals surface area contributed by atoms with Crippen LogP contribution in [-0.2, 0) is 10.0 Å². The smallest absolute Gasteiger partial charge is 0.406 e. The van der Waals surface area contributed by atoms with E-state index in [0.717, 1.165) is 38.3 Å². The van der Waals surface area contributed by atoms with Crippen LogP contribution in [0.25, 0.3) is 0 Å². The van der Waals surface area contributed by atoms with Crippen molar-refractivity contribution in [3.8, 4) is 5.75 Å². The quantitative estimate of drug-likeness (QED) is 0.791. The number of nitrogens with one attached hydrogen (secondary N) is 2. The molecular weight excluding hydrogens is 335 g/mol. The summed E-state index contributed by atoms with van der Waals surface area (Å²) in [5.74, 6) is -0.567. The van der Waals surface area contributed by atoms with Gasteiger partial charge in [-0.2, -0.15) is 0 Å². The fraction of sp³-hybridized carbons (Fsp3) is 0.538. The minimum absolute atomic E-state index is 0.187. The first kappa shape index (κ1) is 18.0. The fourth-order valence-electron chi connectivity index (χ4n) is 2.19. The van der Waals surface area contributed by atoms with Gasteiger partial charge in [0.25, 0.3) is 0 Å². The van der Waals surface area contributed by atoms with E-state index >= 15 is 0 Å². The van der Waals surface area contributed by atoms with Gasteiger partial charge in [0.1, 0.15) is 5.75 Å².